The molecule has 1 aliphatic rings. The van der Waals surface area contributed by atoms with Gasteiger partial charge in [0.05, 0.1) is 6.04 Å². The summed E-state index contributed by atoms with van der Waals surface area (Å²) in [6.45, 7) is 2.96. The minimum atomic E-state index is -0.794. The zero-order chi connectivity index (χ0) is 14.5. The largest absolute Gasteiger partial charge is 0.481 e. The normalized spacial score (nSPS) is 21.4. The number of amides is 1. The van der Waals surface area contributed by atoms with E-state index < -0.39 is 5.97 Å². The van der Waals surface area contributed by atoms with Crippen molar-refractivity contribution >= 4 is 11.9 Å². The number of benzene rings is 1. The highest BCUT2D eigenvalue weighted by atomic mass is 16.4. The van der Waals surface area contributed by atoms with E-state index in [9.17, 15) is 9.59 Å². The second kappa shape index (κ2) is 6.55. The predicted octanol–water partition coefficient (Wildman–Crippen LogP) is 2.85. The van der Waals surface area contributed by atoms with E-state index in [0.29, 0.717) is 25.2 Å². The van der Waals surface area contributed by atoms with E-state index in [4.69, 9.17) is 5.11 Å². The van der Waals surface area contributed by atoms with Crippen LogP contribution in [0.4, 0.5) is 0 Å². The van der Waals surface area contributed by atoms with Crippen LogP contribution in [0.3, 0.4) is 0 Å². The number of likely N-dealkylation sites (tertiary alicyclic amines) is 1. The van der Waals surface area contributed by atoms with Crippen LogP contribution >= 0.6 is 0 Å². The zero-order valence-electron chi connectivity index (χ0n) is 11.8. The van der Waals surface area contributed by atoms with Crippen molar-refractivity contribution < 1.29 is 14.7 Å². The highest BCUT2D eigenvalue weighted by molar-refractivity contribution is 5.77. The van der Waals surface area contributed by atoms with Gasteiger partial charge in [-0.1, -0.05) is 37.3 Å². The SMILES string of the molecule is CC1CN(C(=O)CCCCC(=O)O)C1c1ccccc1. The van der Waals surface area contributed by atoms with E-state index in [1.54, 1.807) is 0 Å². The van der Waals surface area contributed by atoms with E-state index in [0.717, 1.165) is 6.54 Å². The molecule has 1 heterocycles. The van der Waals surface area contributed by atoms with Crippen LogP contribution in [0, 0.1) is 5.92 Å². The van der Waals surface area contributed by atoms with Crippen LogP contribution in [0.25, 0.3) is 0 Å². The third kappa shape index (κ3) is 3.38. The summed E-state index contributed by atoms with van der Waals surface area (Å²) in [5, 5.41) is 8.58. The van der Waals surface area contributed by atoms with Gasteiger partial charge < -0.3 is 10.0 Å². The molecular weight excluding hydrogens is 254 g/mol. The molecule has 1 saturated heterocycles. The summed E-state index contributed by atoms with van der Waals surface area (Å²) < 4.78 is 0. The number of nitrogens with zero attached hydrogens (tertiary/aromatic N) is 1. The number of unbranched alkanes of at least 4 members (excludes halogenated alkanes) is 1. The van der Waals surface area contributed by atoms with Gasteiger partial charge in [-0.3, -0.25) is 9.59 Å². The number of hydrogen-bond donors (Lipinski definition) is 1. The summed E-state index contributed by atoms with van der Waals surface area (Å²) in [6.07, 6.45) is 1.81. The molecule has 2 rings (SSSR count). The number of hydrogen-bond acceptors (Lipinski definition) is 2. The van der Waals surface area contributed by atoms with Crippen molar-refractivity contribution in [1.29, 1.82) is 0 Å². The second-order valence-corrected chi connectivity index (χ2v) is 5.48. The van der Waals surface area contributed by atoms with Crippen molar-refractivity contribution in [1.82, 2.24) is 4.90 Å². The first-order valence-corrected chi connectivity index (χ1v) is 7.16. The molecule has 0 aromatic heterocycles. The third-order valence-electron chi connectivity index (χ3n) is 3.85. The lowest BCUT2D eigenvalue weighted by atomic mass is 9.84. The number of rotatable bonds is 6. The average Bonchev–Trinajstić information content (AvgIpc) is 2.41. The van der Waals surface area contributed by atoms with Crippen molar-refractivity contribution in [2.45, 2.75) is 38.6 Å². The molecule has 0 spiro atoms. The van der Waals surface area contributed by atoms with Crippen molar-refractivity contribution in [3.63, 3.8) is 0 Å². The molecule has 1 aromatic carbocycles. The minimum Gasteiger partial charge on any atom is -0.481 e. The first kappa shape index (κ1) is 14.6. The molecule has 4 nitrogen and oxygen atoms in total. The Kier molecular flexibility index (Phi) is 4.77. The number of carbonyl (C=O) groups excluding carboxylic acids is 1. The van der Waals surface area contributed by atoms with Crippen molar-refractivity contribution in [3.8, 4) is 0 Å². The smallest absolute Gasteiger partial charge is 0.303 e. The van der Waals surface area contributed by atoms with E-state index in [2.05, 4.69) is 19.1 Å². The van der Waals surface area contributed by atoms with Gasteiger partial charge in [-0.25, -0.2) is 0 Å². The van der Waals surface area contributed by atoms with E-state index >= 15 is 0 Å². The first-order valence-electron chi connectivity index (χ1n) is 7.16. The maximum atomic E-state index is 12.2. The number of carboxylic acid groups (broad SMARTS) is 1. The second-order valence-electron chi connectivity index (χ2n) is 5.48. The van der Waals surface area contributed by atoms with Crippen molar-refractivity contribution in [2.24, 2.45) is 5.92 Å². The van der Waals surface area contributed by atoms with Crippen LogP contribution in [-0.4, -0.2) is 28.4 Å². The number of carbonyl (C=O) groups is 2. The predicted molar refractivity (Wildman–Crippen MR) is 76.2 cm³/mol. The summed E-state index contributed by atoms with van der Waals surface area (Å²) in [5.74, 6) is -0.167. The van der Waals surface area contributed by atoms with Gasteiger partial charge in [-0.05, 0) is 24.3 Å². The Morgan fingerprint density at radius 3 is 2.45 bits per heavy atom. The molecule has 1 fully saturated rings. The Morgan fingerprint density at radius 1 is 1.20 bits per heavy atom. The summed E-state index contributed by atoms with van der Waals surface area (Å²) in [7, 11) is 0. The molecule has 0 saturated carbocycles. The molecule has 0 bridgehead atoms. The van der Waals surface area contributed by atoms with Gasteiger partial charge in [0.2, 0.25) is 5.91 Å². The molecule has 1 N–H and O–H groups in total. The van der Waals surface area contributed by atoms with Crippen LogP contribution < -0.4 is 0 Å². The standard InChI is InChI=1S/C16H21NO3/c1-12-11-17(14(18)9-5-6-10-15(19)20)16(12)13-7-3-2-4-8-13/h2-4,7-8,12,16H,5-6,9-11H2,1H3,(H,19,20). The Bertz CT molecular complexity index is 472. The molecule has 1 aromatic rings. The molecule has 1 amide bonds. The average molecular weight is 275 g/mol. The topological polar surface area (TPSA) is 57.6 Å². The molecule has 4 heteroatoms. The van der Waals surface area contributed by atoms with Gasteiger partial charge in [-0.2, -0.15) is 0 Å². The third-order valence-corrected chi connectivity index (χ3v) is 3.85. The quantitative estimate of drug-likeness (QED) is 0.812. The summed E-state index contributed by atoms with van der Waals surface area (Å²) in [4.78, 5) is 24.5. The van der Waals surface area contributed by atoms with Crippen LogP contribution in [0.2, 0.25) is 0 Å². The first-order chi connectivity index (χ1) is 9.59. The molecule has 20 heavy (non-hydrogen) atoms. The number of carboxylic acids is 1. The lowest BCUT2D eigenvalue weighted by molar-refractivity contribution is -0.144. The van der Waals surface area contributed by atoms with Crippen LogP contribution in [0.5, 0.6) is 0 Å². The van der Waals surface area contributed by atoms with Gasteiger partial charge in [0, 0.05) is 19.4 Å². The Labute approximate surface area is 119 Å². The van der Waals surface area contributed by atoms with Crippen molar-refractivity contribution in [3.05, 3.63) is 35.9 Å². The molecular formula is C16H21NO3. The van der Waals surface area contributed by atoms with E-state index in [1.807, 2.05) is 23.1 Å². The summed E-state index contributed by atoms with van der Waals surface area (Å²) in [6, 6.07) is 10.3. The Balaban J connectivity index is 1.86. The molecule has 2 unspecified atom stereocenters. The maximum Gasteiger partial charge on any atom is 0.303 e. The fourth-order valence-electron chi connectivity index (χ4n) is 2.80. The molecule has 2 atom stereocenters. The van der Waals surface area contributed by atoms with Gasteiger partial charge in [0.15, 0.2) is 0 Å². The van der Waals surface area contributed by atoms with Crippen molar-refractivity contribution in [2.75, 3.05) is 6.54 Å². The molecule has 0 aliphatic carbocycles. The molecule has 0 radical (unpaired) electrons. The lowest BCUT2D eigenvalue weighted by Crippen LogP contribution is -2.51. The zero-order valence-corrected chi connectivity index (χ0v) is 11.8. The highest BCUT2D eigenvalue weighted by Crippen LogP contribution is 2.38. The Hall–Kier alpha value is -1.84. The summed E-state index contributed by atoms with van der Waals surface area (Å²) >= 11 is 0. The lowest BCUT2D eigenvalue weighted by Gasteiger charge is -2.47. The highest BCUT2D eigenvalue weighted by Gasteiger charge is 2.39. The molecule has 1 aliphatic heterocycles. The fourth-order valence-corrected chi connectivity index (χ4v) is 2.80. The maximum absolute atomic E-state index is 12.2. The van der Waals surface area contributed by atoms with Crippen LogP contribution in [0.1, 0.15) is 44.2 Å². The van der Waals surface area contributed by atoms with Gasteiger partial charge in [0.25, 0.3) is 0 Å². The van der Waals surface area contributed by atoms with Gasteiger partial charge in [-0.15, -0.1) is 0 Å². The van der Waals surface area contributed by atoms with Gasteiger partial charge in [0.1, 0.15) is 0 Å². The molecule has 108 valence electrons. The van der Waals surface area contributed by atoms with Crippen LogP contribution in [0.15, 0.2) is 30.3 Å². The van der Waals surface area contributed by atoms with Gasteiger partial charge >= 0.3 is 5.97 Å². The van der Waals surface area contributed by atoms with E-state index in [-0.39, 0.29) is 18.4 Å². The van der Waals surface area contributed by atoms with E-state index in [1.165, 1.54) is 5.56 Å². The fraction of sp³-hybridized carbons (Fsp3) is 0.500. The number of aliphatic carboxylic acids is 1. The summed E-state index contributed by atoms with van der Waals surface area (Å²) in [5.41, 5.74) is 1.19. The minimum absolute atomic E-state index is 0.141. The Morgan fingerprint density at radius 2 is 1.85 bits per heavy atom. The monoisotopic (exact) mass is 275 g/mol. The van der Waals surface area contributed by atoms with Crippen LogP contribution in [-0.2, 0) is 9.59 Å².